The number of hydrogen-bond acceptors (Lipinski definition) is 4. The smallest absolute Gasteiger partial charge is 0.257 e. The van der Waals surface area contributed by atoms with Crippen molar-refractivity contribution in [2.75, 3.05) is 25.6 Å². The quantitative estimate of drug-likeness (QED) is 0.640. The highest BCUT2D eigenvalue weighted by atomic mass is 16.5. The summed E-state index contributed by atoms with van der Waals surface area (Å²) in [5.74, 6) is 0.957. The second-order valence-corrected chi connectivity index (χ2v) is 6.00. The minimum Gasteiger partial charge on any atom is -0.497 e. The fourth-order valence-corrected chi connectivity index (χ4v) is 2.67. The molecule has 0 aromatic heterocycles. The van der Waals surface area contributed by atoms with Crippen molar-refractivity contribution in [3.63, 3.8) is 0 Å². The lowest BCUT2D eigenvalue weighted by atomic mass is 10.2. The third-order valence-corrected chi connectivity index (χ3v) is 4.10. The van der Waals surface area contributed by atoms with Gasteiger partial charge in [-0.25, -0.2) is 4.99 Å². The largest absolute Gasteiger partial charge is 0.497 e. The molecular formula is C20H23N3O3. The van der Waals surface area contributed by atoms with Gasteiger partial charge in [-0.2, -0.15) is 0 Å². The molecule has 1 fully saturated rings. The number of nitrogens with one attached hydrogen (secondary N) is 2. The SMILES string of the molecule is COc1ccc(NC(=NC[C@H]2CCCO2)NC(=O)c2ccccc2)cc1. The number of ether oxygens (including phenoxy) is 2. The highest BCUT2D eigenvalue weighted by molar-refractivity contribution is 6.09. The van der Waals surface area contributed by atoms with E-state index in [1.165, 1.54) is 0 Å². The molecule has 1 aliphatic heterocycles. The molecule has 0 saturated carbocycles. The van der Waals surface area contributed by atoms with Gasteiger partial charge in [-0.3, -0.25) is 10.1 Å². The van der Waals surface area contributed by atoms with Gasteiger partial charge >= 0.3 is 0 Å². The van der Waals surface area contributed by atoms with Crippen molar-refractivity contribution >= 4 is 17.6 Å². The van der Waals surface area contributed by atoms with Gasteiger partial charge in [0.1, 0.15) is 5.75 Å². The first-order valence-corrected chi connectivity index (χ1v) is 8.68. The van der Waals surface area contributed by atoms with Gasteiger partial charge in [0, 0.05) is 17.9 Å². The third-order valence-electron chi connectivity index (χ3n) is 4.10. The molecule has 2 N–H and O–H groups in total. The number of hydrogen-bond donors (Lipinski definition) is 2. The highest BCUT2D eigenvalue weighted by Crippen LogP contribution is 2.15. The van der Waals surface area contributed by atoms with E-state index >= 15 is 0 Å². The van der Waals surface area contributed by atoms with Crippen molar-refractivity contribution in [1.29, 1.82) is 0 Å². The van der Waals surface area contributed by atoms with Crippen LogP contribution in [-0.4, -0.2) is 38.2 Å². The summed E-state index contributed by atoms with van der Waals surface area (Å²) in [5, 5.41) is 6.01. The first kappa shape index (κ1) is 17.9. The topological polar surface area (TPSA) is 71.9 Å². The normalized spacial score (nSPS) is 17.0. The zero-order valence-corrected chi connectivity index (χ0v) is 14.8. The number of amides is 1. The fraction of sp³-hybridized carbons (Fsp3) is 0.300. The number of carbonyl (C=O) groups excluding carboxylic acids is 1. The Labute approximate surface area is 153 Å². The van der Waals surface area contributed by atoms with Gasteiger partial charge in [0.25, 0.3) is 5.91 Å². The number of benzene rings is 2. The van der Waals surface area contributed by atoms with Crippen molar-refractivity contribution in [3.8, 4) is 5.75 Å². The Morgan fingerprint density at radius 2 is 1.96 bits per heavy atom. The molecule has 0 aliphatic carbocycles. The van der Waals surface area contributed by atoms with Crippen molar-refractivity contribution in [1.82, 2.24) is 5.32 Å². The van der Waals surface area contributed by atoms with Crippen LogP contribution in [0.5, 0.6) is 5.75 Å². The summed E-state index contributed by atoms with van der Waals surface area (Å²) in [5.41, 5.74) is 1.39. The summed E-state index contributed by atoms with van der Waals surface area (Å²) in [6.07, 6.45) is 2.15. The second kappa shape index (κ2) is 9.01. The van der Waals surface area contributed by atoms with Gasteiger partial charge in [0.05, 0.1) is 19.8 Å². The van der Waals surface area contributed by atoms with E-state index in [9.17, 15) is 4.79 Å². The molecule has 3 rings (SSSR count). The van der Waals surface area contributed by atoms with E-state index in [4.69, 9.17) is 9.47 Å². The van der Waals surface area contributed by atoms with Gasteiger partial charge in [0.2, 0.25) is 5.96 Å². The van der Waals surface area contributed by atoms with E-state index < -0.39 is 0 Å². The summed E-state index contributed by atoms with van der Waals surface area (Å²) in [4.78, 5) is 17.0. The minimum absolute atomic E-state index is 0.108. The van der Waals surface area contributed by atoms with Crippen LogP contribution < -0.4 is 15.4 Å². The maximum atomic E-state index is 12.5. The van der Waals surface area contributed by atoms with Crippen LogP contribution in [-0.2, 0) is 4.74 Å². The summed E-state index contributed by atoms with van der Waals surface area (Å²) in [6, 6.07) is 16.5. The molecule has 2 aromatic carbocycles. The van der Waals surface area contributed by atoms with Crippen molar-refractivity contribution in [2.45, 2.75) is 18.9 Å². The predicted molar refractivity (Wildman–Crippen MR) is 102 cm³/mol. The van der Waals surface area contributed by atoms with Crippen LogP contribution in [0.25, 0.3) is 0 Å². The molecular weight excluding hydrogens is 330 g/mol. The summed E-state index contributed by atoms with van der Waals surface area (Å²) >= 11 is 0. The maximum absolute atomic E-state index is 12.5. The number of guanidine groups is 1. The number of carbonyl (C=O) groups is 1. The van der Waals surface area contributed by atoms with E-state index in [2.05, 4.69) is 15.6 Å². The molecule has 0 bridgehead atoms. The molecule has 1 heterocycles. The van der Waals surface area contributed by atoms with Gasteiger partial charge in [0.15, 0.2) is 0 Å². The van der Waals surface area contributed by atoms with Crippen molar-refractivity contribution in [3.05, 3.63) is 60.2 Å². The average molecular weight is 353 g/mol. The lowest BCUT2D eigenvalue weighted by Gasteiger charge is -2.13. The molecule has 1 saturated heterocycles. The fourth-order valence-electron chi connectivity index (χ4n) is 2.67. The first-order chi connectivity index (χ1) is 12.7. The molecule has 1 aliphatic rings. The third kappa shape index (κ3) is 5.07. The molecule has 136 valence electrons. The zero-order chi connectivity index (χ0) is 18.2. The van der Waals surface area contributed by atoms with Gasteiger partial charge in [-0.1, -0.05) is 18.2 Å². The summed E-state index contributed by atoms with van der Waals surface area (Å²) < 4.78 is 10.8. The van der Waals surface area contributed by atoms with Gasteiger partial charge < -0.3 is 14.8 Å². The van der Waals surface area contributed by atoms with E-state index in [1.807, 2.05) is 42.5 Å². The van der Waals surface area contributed by atoms with Gasteiger partial charge in [-0.05, 0) is 49.2 Å². The zero-order valence-electron chi connectivity index (χ0n) is 14.8. The molecule has 6 nitrogen and oxygen atoms in total. The van der Waals surface area contributed by atoms with Crippen LogP contribution >= 0.6 is 0 Å². The molecule has 26 heavy (non-hydrogen) atoms. The van der Waals surface area contributed by atoms with Crippen molar-refractivity contribution < 1.29 is 14.3 Å². The van der Waals surface area contributed by atoms with E-state index in [0.717, 1.165) is 30.9 Å². The van der Waals surface area contributed by atoms with Crippen LogP contribution in [0, 0.1) is 0 Å². The van der Waals surface area contributed by atoms with Crippen molar-refractivity contribution in [2.24, 2.45) is 4.99 Å². The number of methoxy groups -OCH3 is 1. The molecule has 0 spiro atoms. The second-order valence-electron chi connectivity index (χ2n) is 6.00. The Hall–Kier alpha value is -2.86. The Morgan fingerprint density at radius 3 is 2.62 bits per heavy atom. The predicted octanol–water partition coefficient (Wildman–Crippen LogP) is 3.07. The minimum atomic E-state index is -0.210. The molecule has 1 atom stereocenters. The van der Waals surface area contributed by atoms with E-state index in [-0.39, 0.29) is 12.0 Å². The average Bonchev–Trinajstić information content (AvgIpc) is 3.21. The summed E-state index contributed by atoms with van der Waals surface area (Å²) in [6.45, 7) is 1.28. The van der Waals surface area contributed by atoms with Crippen LogP contribution in [0.3, 0.4) is 0 Å². The summed E-state index contributed by atoms with van der Waals surface area (Å²) in [7, 11) is 1.62. The molecule has 0 unspecified atom stereocenters. The molecule has 0 radical (unpaired) electrons. The van der Waals surface area contributed by atoms with Crippen LogP contribution in [0.2, 0.25) is 0 Å². The standard InChI is InChI=1S/C20H23N3O3/c1-25-17-11-9-16(10-12-17)22-20(21-14-18-8-5-13-26-18)23-19(24)15-6-3-2-4-7-15/h2-4,6-7,9-12,18H,5,8,13-14H2,1H3,(H2,21,22,23,24)/t18-/m1/s1. The molecule has 1 amide bonds. The van der Waals surface area contributed by atoms with Crippen LogP contribution in [0.15, 0.2) is 59.6 Å². The number of anilines is 1. The number of nitrogens with zero attached hydrogens (tertiary/aromatic N) is 1. The lowest BCUT2D eigenvalue weighted by Crippen LogP contribution is -2.36. The Bertz CT molecular complexity index is 739. The van der Waals surface area contributed by atoms with Gasteiger partial charge in [-0.15, -0.1) is 0 Å². The Kier molecular flexibility index (Phi) is 6.22. The van der Waals surface area contributed by atoms with E-state index in [0.29, 0.717) is 18.1 Å². The Balaban J connectivity index is 1.71. The van der Waals surface area contributed by atoms with Crippen LogP contribution in [0.4, 0.5) is 5.69 Å². The molecule has 6 heteroatoms. The lowest BCUT2D eigenvalue weighted by molar-refractivity contribution is 0.0975. The highest BCUT2D eigenvalue weighted by Gasteiger charge is 2.16. The van der Waals surface area contributed by atoms with Crippen LogP contribution in [0.1, 0.15) is 23.2 Å². The molecule has 2 aromatic rings. The number of rotatable bonds is 5. The monoisotopic (exact) mass is 353 g/mol. The van der Waals surface area contributed by atoms with E-state index in [1.54, 1.807) is 19.2 Å². The number of aliphatic imine (C=N–C) groups is 1. The Morgan fingerprint density at radius 1 is 1.19 bits per heavy atom. The maximum Gasteiger partial charge on any atom is 0.257 e. The first-order valence-electron chi connectivity index (χ1n) is 8.68.